The van der Waals surface area contributed by atoms with E-state index in [1.165, 1.54) is 32.3 Å². The van der Waals surface area contributed by atoms with E-state index < -0.39 is 11.8 Å². The van der Waals surface area contributed by atoms with Crippen LogP contribution in [-0.2, 0) is 4.79 Å². The highest BCUT2D eigenvalue weighted by molar-refractivity contribution is 5.90. The fourth-order valence-corrected chi connectivity index (χ4v) is 0.834. The molecule has 0 saturated carbocycles. The second kappa shape index (κ2) is 12.6. The number of hydrogen-bond donors (Lipinski definition) is 2. The quantitative estimate of drug-likeness (QED) is 0.428. The third kappa shape index (κ3) is 12.5. The van der Waals surface area contributed by atoms with E-state index in [0.29, 0.717) is 0 Å². The molecule has 0 spiro atoms. The third-order valence-electron chi connectivity index (χ3n) is 1.84. The van der Waals surface area contributed by atoms with Crippen LogP contribution in [0.5, 0.6) is 0 Å². The van der Waals surface area contributed by atoms with Crippen molar-refractivity contribution in [3.8, 4) is 0 Å². The van der Waals surface area contributed by atoms with Crippen LogP contribution >= 0.6 is 0 Å². The number of halogens is 1. The Labute approximate surface area is 103 Å². The number of allylic oxidation sites excluding steroid dienone is 3. The minimum absolute atomic E-state index is 0.152. The molecule has 0 aromatic rings. The van der Waals surface area contributed by atoms with Crippen molar-refractivity contribution in [3.63, 3.8) is 0 Å². The van der Waals surface area contributed by atoms with Crippen LogP contribution in [-0.4, -0.2) is 17.6 Å². The molecule has 0 amide bonds. The van der Waals surface area contributed by atoms with Gasteiger partial charge in [0, 0.05) is 0 Å². The summed E-state index contributed by atoms with van der Waals surface area (Å²) in [7, 11) is 0. The summed E-state index contributed by atoms with van der Waals surface area (Å²) in [5.74, 6) is -1.76. The van der Waals surface area contributed by atoms with Crippen molar-refractivity contribution in [3.05, 3.63) is 36.2 Å². The summed E-state index contributed by atoms with van der Waals surface area (Å²) in [6, 6.07) is 0. The fraction of sp³-hybridized carbons (Fsp3) is 0.462. The zero-order valence-electron chi connectivity index (χ0n) is 10.6. The number of nitrogens with two attached hydrogens (primary N) is 1. The topological polar surface area (TPSA) is 63.3 Å². The maximum atomic E-state index is 12.4. The summed E-state index contributed by atoms with van der Waals surface area (Å²) < 4.78 is 12.4. The minimum atomic E-state index is -1.18. The Hall–Kier alpha value is -1.42. The van der Waals surface area contributed by atoms with Crippen LogP contribution in [0.4, 0.5) is 4.39 Å². The van der Waals surface area contributed by atoms with Crippen LogP contribution in [0.25, 0.3) is 0 Å². The number of carboxylic acids is 1. The predicted octanol–water partition coefficient (Wildman–Crippen LogP) is 3.19. The van der Waals surface area contributed by atoms with Gasteiger partial charge in [0.25, 0.3) is 0 Å². The summed E-state index contributed by atoms with van der Waals surface area (Å²) in [5, 5.41) is 8.38. The second-order valence-electron chi connectivity index (χ2n) is 3.28. The molecule has 17 heavy (non-hydrogen) atoms. The van der Waals surface area contributed by atoms with Crippen LogP contribution in [0.3, 0.4) is 0 Å². The third-order valence-corrected chi connectivity index (χ3v) is 1.84. The molecule has 0 aliphatic heterocycles. The van der Waals surface area contributed by atoms with Gasteiger partial charge in [-0.15, -0.1) is 0 Å². The van der Waals surface area contributed by atoms with E-state index in [4.69, 9.17) is 10.8 Å². The van der Waals surface area contributed by atoms with Crippen LogP contribution in [0, 0.1) is 0 Å². The first kappa shape index (κ1) is 18.0. The monoisotopic (exact) mass is 243 g/mol. The van der Waals surface area contributed by atoms with Gasteiger partial charge in [-0.05, 0) is 26.0 Å². The SMILES string of the molecule is C=C/C(=C\C(F)=C/C)C(=O)O.CCCCCN. The average Bonchev–Trinajstić information content (AvgIpc) is 2.33. The van der Waals surface area contributed by atoms with Crippen molar-refractivity contribution < 1.29 is 14.3 Å². The van der Waals surface area contributed by atoms with Crippen LogP contribution in [0.15, 0.2) is 36.2 Å². The maximum absolute atomic E-state index is 12.4. The first-order chi connectivity index (χ1) is 8.03. The molecule has 0 rings (SSSR count). The zero-order valence-corrected chi connectivity index (χ0v) is 10.6. The number of aliphatic carboxylic acids is 1. The molecular weight excluding hydrogens is 221 g/mol. The molecule has 0 aliphatic rings. The molecule has 0 fully saturated rings. The van der Waals surface area contributed by atoms with Gasteiger partial charge in [-0.25, -0.2) is 9.18 Å². The molecule has 0 aromatic heterocycles. The molecule has 0 aromatic carbocycles. The Kier molecular flexibility index (Phi) is 13.4. The Morgan fingerprint density at radius 2 is 2.06 bits per heavy atom. The van der Waals surface area contributed by atoms with Gasteiger partial charge in [-0.1, -0.05) is 38.5 Å². The highest BCUT2D eigenvalue weighted by atomic mass is 19.1. The lowest BCUT2D eigenvalue weighted by Crippen LogP contribution is -1.96. The predicted molar refractivity (Wildman–Crippen MR) is 69.4 cm³/mol. The molecule has 0 atom stereocenters. The molecule has 98 valence electrons. The van der Waals surface area contributed by atoms with Gasteiger partial charge < -0.3 is 10.8 Å². The summed E-state index contributed by atoms with van der Waals surface area (Å²) in [5.41, 5.74) is 5.06. The summed E-state index contributed by atoms with van der Waals surface area (Å²) in [6.45, 7) is 7.74. The van der Waals surface area contributed by atoms with E-state index >= 15 is 0 Å². The zero-order chi connectivity index (χ0) is 13.7. The average molecular weight is 243 g/mol. The molecule has 0 saturated heterocycles. The van der Waals surface area contributed by atoms with Crippen molar-refractivity contribution in [2.24, 2.45) is 5.73 Å². The Morgan fingerprint density at radius 1 is 1.47 bits per heavy atom. The van der Waals surface area contributed by atoms with E-state index in [-0.39, 0.29) is 5.57 Å². The number of unbranched alkanes of at least 4 members (excludes halogenated alkanes) is 2. The van der Waals surface area contributed by atoms with Gasteiger partial charge in [0.05, 0.1) is 5.57 Å². The number of rotatable bonds is 6. The van der Waals surface area contributed by atoms with E-state index in [9.17, 15) is 9.18 Å². The van der Waals surface area contributed by atoms with Gasteiger partial charge in [-0.3, -0.25) is 0 Å². The highest BCUT2D eigenvalue weighted by Crippen LogP contribution is 2.04. The van der Waals surface area contributed by atoms with Crippen LogP contribution in [0.1, 0.15) is 33.1 Å². The summed E-state index contributed by atoms with van der Waals surface area (Å²) in [6.07, 6.45) is 6.93. The van der Waals surface area contributed by atoms with Crippen molar-refractivity contribution >= 4 is 5.97 Å². The molecule has 0 unspecified atom stereocenters. The maximum Gasteiger partial charge on any atom is 0.335 e. The van der Waals surface area contributed by atoms with E-state index in [2.05, 4.69) is 13.5 Å². The molecular formula is C13H22FNO2. The van der Waals surface area contributed by atoms with Gasteiger partial charge in [0.1, 0.15) is 5.83 Å². The fourth-order valence-electron chi connectivity index (χ4n) is 0.834. The largest absolute Gasteiger partial charge is 0.478 e. The number of carbonyl (C=O) groups is 1. The Balaban J connectivity index is 0. The molecule has 0 aliphatic carbocycles. The Morgan fingerprint density at radius 3 is 2.29 bits per heavy atom. The van der Waals surface area contributed by atoms with Gasteiger partial charge in [-0.2, -0.15) is 0 Å². The second-order valence-corrected chi connectivity index (χ2v) is 3.28. The van der Waals surface area contributed by atoms with E-state index in [0.717, 1.165) is 18.7 Å². The molecule has 3 nitrogen and oxygen atoms in total. The van der Waals surface area contributed by atoms with Gasteiger partial charge in [0.15, 0.2) is 0 Å². The molecule has 0 bridgehead atoms. The molecule has 3 N–H and O–H groups in total. The van der Waals surface area contributed by atoms with E-state index in [1.807, 2.05) is 0 Å². The lowest BCUT2D eigenvalue weighted by atomic mass is 10.2. The highest BCUT2D eigenvalue weighted by Gasteiger charge is 2.01. The lowest BCUT2D eigenvalue weighted by molar-refractivity contribution is -0.132. The van der Waals surface area contributed by atoms with Gasteiger partial charge in [0.2, 0.25) is 0 Å². The first-order valence-corrected chi connectivity index (χ1v) is 5.62. The Bertz CT molecular complexity index is 279. The number of carboxylic acid groups (broad SMARTS) is 1. The van der Waals surface area contributed by atoms with Crippen molar-refractivity contribution in [2.45, 2.75) is 33.1 Å². The smallest absolute Gasteiger partial charge is 0.335 e. The number of hydrogen-bond acceptors (Lipinski definition) is 2. The molecule has 0 heterocycles. The lowest BCUT2D eigenvalue weighted by Gasteiger charge is -1.91. The van der Waals surface area contributed by atoms with Crippen molar-refractivity contribution in [2.75, 3.05) is 6.54 Å². The molecule has 0 radical (unpaired) electrons. The van der Waals surface area contributed by atoms with Crippen LogP contribution < -0.4 is 5.73 Å². The minimum Gasteiger partial charge on any atom is -0.478 e. The standard InChI is InChI=1S/C8H9FO2.C5H13N/c1-3-6(8(10)11)5-7(9)4-2;1-2-3-4-5-6/h3-5H,1H2,2H3,(H,10,11);2-6H2,1H3/b6-5+,7-4+;. The molecule has 4 heteroatoms. The van der Waals surface area contributed by atoms with E-state index in [1.54, 1.807) is 0 Å². The van der Waals surface area contributed by atoms with Crippen molar-refractivity contribution in [1.82, 2.24) is 0 Å². The van der Waals surface area contributed by atoms with Crippen molar-refractivity contribution in [1.29, 1.82) is 0 Å². The summed E-state index contributed by atoms with van der Waals surface area (Å²) >= 11 is 0. The summed E-state index contributed by atoms with van der Waals surface area (Å²) in [4.78, 5) is 10.2. The van der Waals surface area contributed by atoms with Gasteiger partial charge >= 0.3 is 5.97 Å². The normalized spacial score (nSPS) is 11.5. The first-order valence-electron chi connectivity index (χ1n) is 5.62. The van der Waals surface area contributed by atoms with Crippen LogP contribution in [0.2, 0.25) is 0 Å².